The van der Waals surface area contributed by atoms with Crippen molar-refractivity contribution in [3.63, 3.8) is 0 Å². The molecule has 0 aromatic heterocycles. The third-order valence-electron chi connectivity index (χ3n) is 5.52. The lowest BCUT2D eigenvalue weighted by atomic mass is 10.0. The number of fused-ring (bicyclic) bond motifs is 1. The van der Waals surface area contributed by atoms with Crippen molar-refractivity contribution in [2.45, 2.75) is 37.8 Å². The molecule has 0 bridgehead atoms. The minimum absolute atomic E-state index is 0.0160. The van der Waals surface area contributed by atoms with Crippen molar-refractivity contribution in [3.8, 4) is 5.75 Å². The molecule has 0 saturated carbocycles. The molecule has 32 heavy (non-hydrogen) atoms. The van der Waals surface area contributed by atoms with Crippen LogP contribution >= 0.6 is 0 Å². The van der Waals surface area contributed by atoms with Crippen LogP contribution < -0.4 is 10.1 Å². The Balaban J connectivity index is 1.51. The van der Waals surface area contributed by atoms with E-state index in [0.29, 0.717) is 37.2 Å². The van der Waals surface area contributed by atoms with Gasteiger partial charge in [-0.3, -0.25) is 9.59 Å². The summed E-state index contributed by atoms with van der Waals surface area (Å²) in [6.45, 7) is 0.893. The fourth-order valence-corrected chi connectivity index (χ4v) is 4.09. The van der Waals surface area contributed by atoms with Crippen LogP contribution in [-0.4, -0.2) is 42.3 Å². The van der Waals surface area contributed by atoms with Crippen LogP contribution in [0.1, 0.15) is 40.4 Å². The molecule has 1 atom stereocenters. The number of hydrogen-bond acceptors (Lipinski definition) is 4. The van der Waals surface area contributed by atoms with E-state index in [9.17, 15) is 27.2 Å². The average Bonchev–Trinajstić information content (AvgIpc) is 3.06. The lowest BCUT2D eigenvalue weighted by Crippen LogP contribution is -2.46. The van der Waals surface area contributed by atoms with E-state index in [1.165, 1.54) is 29.2 Å². The first-order valence-electron chi connectivity index (χ1n) is 10.1. The normalized spacial score (nSPS) is 19.1. The van der Waals surface area contributed by atoms with Crippen molar-refractivity contribution < 1.29 is 36.6 Å². The number of hydrogen-bond donors (Lipinski definition) is 1. The summed E-state index contributed by atoms with van der Waals surface area (Å²) in [5, 5.41) is 2.71. The van der Waals surface area contributed by atoms with E-state index in [4.69, 9.17) is 4.74 Å². The summed E-state index contributed by atoms with van der Waals surface area (Å²) in [6, 6.07) is 8.01. The van der Waals surface area contributed by atoms with Gasteiger partial charge >= 0.3 is 6.36 Å². The Labute approximate surface area is 181 Å². The third-order valence-corrected chi connectivity index (χ3v) is 5.52. The highest BCUT2D eigenvalue weighted by molar-refractivity contribution is 6.05. The van der Waals surface area contributed by atoms with Gasteiger partial charge in [0.25, 0.3) is 5.91 Å². The number of benzene rings is 2. The molecule has 10 heteroatoms. The topological polar surface area (TPSA) is 67.9 Å². The van der Waals surface area contributed by atoms with Crippen LogP contribution in [0.2, 0.25) is 0 Å². The monoisotopic (exact) mass is 452 g/mol. The van der Waals surface area contributed by atoms with Gasteiger partial charge in [0.05, 0.1) is 5.56 Å². The Kier molecular flexibility index (Phi) is 6.05. The van der Waals surface area contributed by atoms with Gasteiger partial charge in [-0.2, -0.15) is 0 Å². The second-order valence-electron chi connectivity index (χ2n) is 7.57. The zero-order chi connectivity index (χ0) is 22.9. The number of nitrogens with zero attached hydrogens (tertiary/aromatic N) is 1. The van der Waals surface area contributed by atoms with Crippen LogP contribution in [0.4, 0.5) is 17.6 Å². The zero-order valence-corrected chi connectivity index (χ0v) is 16.8. The molecule has 1 unspecified atom stereocenters. The molecule has 1 fully saturated rings. The van der Waals surface area contributed by atoms with E-state index in [0.717, 1.165) is 12.1 Å². The first-order valence-corrected chi connectivity index (χ1v) is 10.1. The first kappa shape index (κ1) is 22.1. The Hall–Kier alpha value is -3.14. The van der Waals surface area contributed by atoms with E-state index < -0.39 is 30.0 Å². The number of carbonyl (C=O) groups excluding carboxylic acids is 2. The maximum Gasteiger partial charge on any atom is 0.573 e. The van der Waals surface area contributed by atoms with Crippen molar-refractivity contribution in [2.24, 2.45) is 0 Å². The largest absolute Gasteiger partial charge is 0.573 e. The van der Waals surface area contributed by atoms with Gasteiger partial charge in [0, 0.05) is 25.8 Å². The fourth-order valence-electron chi connectivity index (χ4n) is 4.09. The molecule has 1 N–H and O–H groups in total. The highest BCUT2D eigenvalue weighted by Crippen LogP contribution is 2.38. The lowest BCUT2D eigenvalue weighted by Gasteiger charge is -2.35. The van der Waals surface area contributed by atoms with Crippen molar-refractivity contribution >= 4 is 11.8 Å². The first-order chi connectivity index (χ1) is 15.2. The van der Waals surface area contributed by atoms with Crippen LogP contribution in [-0.2, 0) is 16.1 Å². The molecule has 2 aromatic carbocycles. The van der Waals surface area contributed by atoms with Gasteiger partial charge in [0.1, 0.15) is 17.6 Å². The van der Waals surface area contributed by atoms with Gasteiger partial charge in [0.15, 0.2) is 0 Å². The third kappa shape index (κ3) is 4.55. The lowest BCUT2D eigenvalue weighted by molar-refractivity contribution is -0.274. The molecule has 2 amide bonds. The summed E-state index contributed by atoms with van der Waals surface area (Å²) in [6.07, 6.45) is -3.72. The Morgan fingerprint density at radius 3 is 2.47 bits per heavy atom. The van der Waals surface area contributed by atoms with Crippen LogP contribution in [0.25, 0.3) is 0 Å². The highest BCUT2D eigenvalue weighted by Gasteiger charge is 2.46. The molecule has 6 nitrogen and oxygen atoms in total. The molecule has 0 spiro atoms. The summed E-state index contributed by atoms with van der Waals surface area (Å²) < 4.78 is 60.5. The van der Waals surface area contributed by atoms with Crippen LogP contribution in [0, 0.1) is 5.82 Å². The molecular formula is C22H20F4N2O4. The molecule has 2 aliphatic rings. The fraction of sp³-hybridized carbons (Fsp3) is 0.364. The maximum atomic E-state index is 14.4. The van der Waals surface area contributed by atoms with Crippen LogP contribution in [0.15, 0.2) is 42.5 Å². The molecule has 170 valence electrons. The Morgan fingerprint density at radius 2 is 1.81 bits per heavy atom. The molecule has 0 radical (unpaired) electrons. The van der Waals surface area contributed by atoms with Crippen molar-refractivity contribution in [3.05, 3.63) is 65.0 Å². The number of nitrogens with one attached hydrogen (secondary N) is 1. The molecule has 2 aliphatic heterocycles. The molecule has 0 aliphatic carbocycles. The smallest absolute Gasteiger partial charge is 0.406 e. The minimum atomic E-state index is -4.79. The highest BCUT2D eigenvalue weighted by atomic mass is 19.4. The summed E-state index contributed by atoms with van der Waals surface area (Å²) >= 11 is 0. The second kappa shape index (κ2) is 8.78. The number of alkyl halides is 3. The minimum Gasteiger partial charge on any atom is -0.406 e. The zero-order valence-electron chi connectivity index (χ0n) is 16.8. The molecule has 1 saturated heterocycles. The SMILES string of the molecule is O=C(NCc1ccc(OC(F)(F)F)cc1)C1c2cccc(F)c2C(=O)N1C1CCOCC1. The van der Waals surface area contributed by atoms with Crippen molar-refractivity contribution in [1.82, 2.24) is 10.2 Å². The number of ether oxygens (including phenoxy) is 2. The van der Waals surface area contributed by atoms with Gasteiger partial charge in [-0.15, -0.1) is 13.2 Å². The summed E-state index contributed by atoms with van der Waals surface area (Å²) in [5.74, 6) is -2.08. The quantitative estimate of drug-likeness (QED) is 0.703. The van der Waals surface area contributed by atoms with E-state index in [-0.39, 0.29) is 23.9 Å². The maximum absolute atomic E-state index is 14.4. The van der Waals surface area contributed by atoms with Crippen LogP contribution in [0.3, 0.4) is 0 Å². The van der Waals surface area contributed by atoms with Crippen molar-refractivity contribution in [1.29, 1.82) is 0 Å². The van der Waals surface area contributed by atoms with Crippen molar-refractivity contribution in [2.75, 3.05) is 13.2 Å². The van der Waals surface area contributed by atoms with Gasteiger partial charge in [0.2, 0.25) is 5.91 Å². The summed E-state index contributed by atoms with van der Waals surface area (Å²) in [4.78, 5) is 27.6. The summed E-state index contributed by atoms with van der Waals surface area (Å²) in [7, 11) is 0. The number of halogens is 4. The van der Waals surface area contributed by atoms with E-state index in [1.807, 2.05) is 0 Å². The van der Waals surface area contributed by atoms with E-state index >= 15 is 0 Å². The Bertz CT molecular complexity index is 1000. The van der Waals surface area contributed by atoms with E-state index in [1.54, 1.807) is 6.07 Å². The predicted octanol–water partition coefficient (Wildman–Crippen LogP) is 3.72. The van der Waals surface area contributed by atoms with Gasteiger partial charge < -0.3 is 19.7 Å². The Morgan fingerprint density at radius 1 is 1.12 bits per heavy atom. The van der Waals surface area contributed by atoms with Gasteiger partial charge in [-0.05, 0) is 42.2 Å². The van der Waals surface area contributed by atoms with Gasteiger partial charge in [-0.25, -0.2) is 4.39 Å². The van der Waals surface area contributed by atoms with Crippen LogP contribution in [0.5, 0.6) is 5.75 Å². The number of carbonyl (C=O) groups is 2. The van der Waals surface area contributed by atoms with Gasteiger partial charge in [-0.1, -0.05) is 24.3 Å². The number of rotatable bonds is 5. The molecule has 2 heterocycles. The number of amides is 2. The van der Waals surface area contributed by atoms with E-state index in [2.05, 4.69) is 10.1 Å². The average molecular weight is 452 g/mol. The standard InChI is InChI=1S/C22H20F4N2O4/c23-17-3-1-2-16-18(17)21(30)28(14-8-10-31-11-9-14)19(16)20(29)27-12-13-4-6-15(7-5-13)32-22(24,25)26/h1-7,14,19H,8-12H2,(H,27,29). The molecular weight excluding hydrogens is 432 g/mol. The predicted molar refractivity (Wildman–Crippen MR) is 104 cm³/mol. The molecule has 4 rings (SSSR count). The molecule has 2 aromatic rings. The summed E-state index contributed by atoms with van der Waals surface area (Å²) in [5.41, 5.74) is 0.731. The second-order valence-corrected chi connectivity index (χ2v) is 7.57.